The summed E-state index contributed by atoms with van der Waals surface area (Å²) in [5, 5.41) is 3.39. The fourth-order valence-corrected chi connectivity index (χ4v) is 3.33. The Labute approximate surface area is 109 Å². The third kappa shape index (κ3) is 2.08. The maximum atomic E-state index is 5.86. The Hall–Kier alpha value is -0.870. The summed E-state index contributed by atoms with van der Waals surface area (Å²) >= 11 is 0. The van der Waals surface area contributed by atoms with E-state index in [0.29, 0.717) is 6.04 Å². The third-order valence-electron chi connectivity index (χ3n) is 4.73. The number of imidazole rings is 1. The van der Waals surface area contributed by atoms with Gasteiger partial charge in [0.15, 0.2) is 0 Å². The van der Waals surface area contributed by atoms with Crippen molar-refractivity contribution in [1.82, 2.24) is 14.9 Å². The van der Waals surface area contributed by atoms with Crippen molar-refractivity contribution >= 4 is 0 Å². The molecule has 1 aliphatic heterocycles. The van der Waals surface area contributed by atoms with Crippen LogP contribution in [-0.2, 0) is 4.74 Å². The smallest absolute Gasteiger partial charge is 0.111 e. The minimum Gasteiger partial charge on any atom is -0.369 e. The molecular weight excluding hydrogens is 226 g/mol. The van der Waals surface area contributed by atoms with Crippen molar-refractivity contribution in [3.05, 3.63) is 18.2 Å². The van der Waals surface area contributed by atoms with Crippen LogP contribution in [0.15, 0.2) is 12.5 Å². The largest absolute Gasteiger partial charge is 0.369 e. The molecule has 4 nitrogen and oxygen atoms in total. The Morgan fingerprint density at radius 3 is 2.94 bits per heavy atom. The minimum atomic E-state index is 0.171. The molecule has 0 bridgehead atoms. The topological polar surface area (TPSA) is 39.1 Å². The number of aromatic nitrogens is 2. The average Bonchev–Trinajstić information content (AvgIpc) is 2.99. The lowest BCUT2D eigenvalue weighted by atomic mass is 9.97. The van der Waals surface area contributed by atoms with E-state index >= 15 is 0 Å². The van der Waals surface area contributed by atoms with E-state index in [0.717, 1.165) is 31.5 Å². The SMILES string of the molecule is CC1CCC(n2cncc2C2CNCCO2)C1C. The second-order valence-corrected chi connectivity index (χ2v) is 5.77. The lowest BCUT2D eigenvalue weighted by Crippen LogP contribution is -2.34. The van der Waals surface area contributed by atoms with Gasteiger partial charge >= 0.3 is 0 Å². The van der Waals surface area contributed by atoms with Crippen LogP contribution in [0.2, 0.25) is 0 Å². The summed E-state index contributed by atoms with van der Waals surface area (Å²) in [5.41, 5.74) is 1.24. The molecule has 100 valence electrons. The van der Waals surface area contributed by atoms with Crippen molar-refractivity contribution in [2.24, 2.45) is 11.8 Å². The van der Waals surface area contributed by atoms with Crippen molar-refractivity contribution in [2.75, 3.05) is 19.7 Å². The van der Waals surface area contributed by atoms with Crippen LogP contribution in [0.4, 0.5) is 0 Å². The zero-order valence-corrected chi connectivity index (χ0v) is 11.3. The molecule has 3 rings (SSSR count). The summed E-state index contributed by atoms with van der Waals surface area (Å²) < 4.78 is 8.23. The van der Waals surface area contributed by atoms with Gasteiger partial charge in [0.25, 0.3) is 0 Å². The zero-order valence-electron chi connectivity index (χ0n) is 11.3. The fraction of sp³-hybridized carbons (Fsp3) is 0.786. The number of hydrogen-bond acceptors (Lipinski definition) is 3. The molecule has 4 unspecified atom stereocenters. The van der Waals surface area contributed by atoms with Crippen LogP contribution in [0.3, 0.4) is 0 Å². The quantitative estimate of drug-likeness (QED) is 0.873. The Bertz CT molecular complexity index is 397. The molecule has 18 heavy (non-hydrogen) atoms. The summed E-state index contributed by atoms with van der Waals surface area (Å²) in [4.78, 5) is 4.36. The highest BCUT2D eigenvalue weighted by atomic mass is 16.5. The van der Waals surface area contributed by atoms with Gasteiger partial charge < -0.3 is 14.6 Å². The van der Waals surface area contributed by atoms with E-state index in [9.17, 15) is 0 Å². The van der Waals surface area contributed by atoms with E-state index in [2.05, 4.69) is 28.7 Å². The van der Waals surface area contributed by atoms with Gasteiger partial charge in [0.05, 0.1) is 24.8 Å². The first-order valence-corrected chi connectivity index (χ1v) is 7.11. The molecule has 0 spiro atoms. The number of nitrogens with zero attached hydrogens (tertiary/aromatic N) is 2. The molecule has 1 N–H and O–H groups in total. The molecule has 1 aromatic heterocycles. The van der Waals surface area contributed by atoms with Crippen LogP contribution >= 0.6 is 0 Å². The summed E-state index contributed by atoms with van der Waals surface area (Å²) in [6.45, 7) is 7.39. The standard InChI is InChI=1S/C14H23N3O/c1-10-3-4-12(11(10)2)17-9-16-7-13(17)14-8-15-5-6-18-14/h7,9-12,14-15H,3-6,8H2,1-2H3. The first kappa shape index (κ1) is 12.2. The monoisotopic (exact) mass is 249 g/mol. The normalized spacial score (nSPS) is 37.0. The molecule has 1 saturated heterocycles. The lowest BCUT2D eigenvalue weighted by Gasteiger charge is -2.28. The highest BCUT2D eigenvalue weighted by molar-refractivity contribution is 5.08. The van der Waals surface area contributed by atoms with Crippen LogP contribution in [0.1, 0.15) is 44.5 Å². The molecule has 4 atom stereocenters. The molecule has 2 fully saturated rings. The Balaban J connectivity index is 1.82. The summed E-state index contributed by atoms with van der Waals surface area (Å²) in [6.07, 6.45) is 6.74. The van der Waals surface area contributed by atoms with E-state index in [-0.39, 0.29) is 6.10 Å². The van der Waals surface area contributed by atoms with Gasteiger partial charge in [-0.1, -0.05) is 13.8 Å². The van der Waals surface area contributed by atoms with Gasteiger partial charge in [-0.05, 0) is 24.7 Å². The van der Waals surface area contributed by atoms with Gasteiger partial charge in [0, 0.05) is 19.1 Å². The molecule has 0 radical (unpaired) electrons. The molecule has 2 heterocycles. The van der Waals surface area contributed by atoms with E-state index in [1.54, 1.807) is 0 Å². The number of ether oxygens (including phenoxy) is 1. The van der Waals surface area contributed by atoms with Gasteiger partial charge in [-0.15, -0.1) is 0 Å². The van der Waals surface area contributed by atoms with Crippen LogP contribution < -0.4 is 5.32 Å². The highest BCUT2D eigenvalue weighted by Gasteiger charge is 2.33. The Kier molecular flexibility index (Phi) is 3.39. The summed E-state index contributed by atoms with van der Waals surface area (Å²) in [5.74, 6) is 1.55. The maximum Gasteiger partial charge on any atom is 0.111 e. The van der Waals surface area contributed by atoms with Gasteiger partial charge in [-0.3, -0.25) is 0 Å². The Morgan fingerprint density at radius 2 is 2.28 bits per heavy atom. The van der Waals surface area contributed by atoms with Crippen molar-refractivity contribution < 1.29 is 4.74 Å². The molecule has 4 heteroatoms. The fourth-order valence-electron chi connectivity index (χ4n) is 3.33. The average molecular weight is 249 g/mol. The van der Waals surface area contributed by atoms with Crippen molar-refractivity contribution in [3.63, 3.8) is 0 Å². The summed E-state index contributed by atoms with van der Waals surface area (Å²) in [7, 11) is 0. The van der Waals surface area contributed by atoms with Crippen LogP contribution in [0.5, 0.6) is 0 Å². The van der Waals surface area contributed by atoms with E-state index in [4.69, 9.17) is 4.74 Å². The maximum absolute atomic E-state index is 5.86. The van der Waals surface area contributed by atoms with Crippen molar-refractivity contribution in [2.45, 2.75) is 38.8 Å². The van der Waals surface area contributed by atoms with Crippen LogP contribution in [-0.4, -0.2) is 29.2 Å². The predicted octanol–water partition coefficient (Wildman–Crippen LogP) is 2.15. The molecule has 0 aromatic carbocycles. The third-order valence-corrected chi connectivity index (χ3v) is 4.73. The van der Waals surface area contributed by atoms with Gasteiger partial charge in [0.1, 0.15) is 6.10 Å². The minimum absolute atomic E-state index is 0.171. The molecule has 1 saturated carbocycles. The molecule has 2 aliphatic rings. The van der Waals surface area contributed by atoms with Gasteiger partial charge in [-0.25, -0.2) is 4.98 Å². The lowest BCUT2D eigenvalue weighted by molar-refractivity contribution is 0.0214. The van der Waals surface area contributed by atoms with Gasteiger partial charge in [-0.2, -0.15) is 0 Å². The molecule has 1 aromatic rings. The first-order chi connectivity index (χ1) is 8.77. The second-order valence-electron chi connectivity index (χ2n) is 5.77. The van der Waals surface area contributed by atoms with Crippen LogP contribution in [0.25, 0.3) is 0 Å². The zero-order chi connectivity index (χ0) is 12.5. The molecule has 0 amide bonds. The number of hydrogen-bond donors (Lipinski definition) is 1. The number of nitrogens with one attached hydrogen (secondary N) is 1. The van der Waals surface area contributed by atoms with Crippen molar-refractivity contribution in [3.8, 4) is 0 Å². The number of rotatable bonds is 2. The van der Waals surface area contributed by atoms with E-state index < -0.39 is 0 Å². The van der Waals surface area contributed by atoms with Crippen LogP contribution in [0, 0.1) is 11.8 Å². The molecule has 1 aliphatic carbocycles. The second kappa shape index (κ2) is 5.02. The van der Waals surface area contributed by atoms with Crippen molar-refractivity contribution in [1.29, 1.82) is 0 Å². The molecular formula is C14H23N3O. The number of morpholine rings is 1. The first-order valence-electron chi connectivity index (χ1n) is 7.11. The van der Waals surface area contributed by atoms with E-state index in [1.165, 1.54) is 18.5 Å². The highest BCUT2D eigenvalue weighted by Crippen LogP contribution is 2.41. The van der Waals surface area contributed by atoms with Gasteiger partial charge in [0.2, 0.25) is 0 Å². The summed E-state index contributed by atoms with van der Waals surface area (Å²) in [6, 6.07) is 0.600. The Morgan fingerprint density at radius 1 is 1.39 bits per heavy atom. The predicted molar refractivity (Wildman–Crippen MR) is 70.4 cm³/mol. The van der Waals surface area contributed by atoms with E-state index in [1.807, 2.05) is 12.5 Å².